The van der Waals surface area contributed by atoms with Gasteiger partial charge in [-0.2, -0.15) is 0 Å². The first kappa shape index (κ1) is 16.4. The van der Waals surface area contributed by atoms with Gasteiger partial charge in [-0.1, -0.05) is 48.5 Å². The Morgan fingerprint density at radius 2 is 1.48 bits per heavy atom. The van der Waals surface area contributed by atoms with Crippen molar-refractivity contribution in [1.29, 1.82) is 0 Å². The van der Waals surface area contributed by atoms with Crippen molar-refractivity contribution in [2.24, 2.45) is 5.73 Å². The average Bonchev–Trinajstić information content (AvgIpc) is 2.62. The fraction of sp³-hybridized carbons (Fsp3) is 0. The molecule has 0 atom stereocenters. The molecule has 3 aromatic rings. The molecule has 5 heteroatoms. The summed E-state index contributed by atoms with van der Waals surface area (Å²) in [5.74, 6) is -1.96. The third-order valence-electron chi connectivity index (χ3n) is 3.76. The van der Waals surface area contributed by atoms with E-state index in [1.54, 1.807) is 18.2 Å². The first-order valence-electron chi connectivity index (χ1n) is 7.61. The Hall–Kier alpha value is -3.47. The number of para-hydroxylation sites is 1. The molecule has 0 saturated heterocycles. The Labute approximate surface area is 144 Å². The first-order valence-corrected chi connectivity index (χ1v) is 7.61. The number of anilines is 1. The lowest BCUT2D eigenvalue weighted by Crippen LogP contribution is -2.19. The van der Waals surface area contributed by atoms with Crippen LogP contribution >= 0.6 is 0 Å². The minimum Gasteiger partial charge on any atom is -0.366 e. The van der Waals surface area contributed by atoms with Crippen LogP contribution in [0.1, 0.15) is 20.7 Å². The van der Waals surface area contributed by atoms with Gasteiger partial charge in [-0.15, -0.1) is 0 Å². The molecule has 3 rings (SSSR count). The number of rotatable bonds is 4. The highest BCUT2D eigenvalue weighted by atomic mass is 19.1. The van der Waals surface area contributed by atoms with Gasteiger partial charge in [0.1, 0.15) is 5.82 Å². The molecule has 0 saturated carbocycles. The number of benzene rings is 3. The van der Waals surface area contributed by atoms with E-state index in [2.05, 4.69) is 5.32 Å². The SMILES string of the molecule is NC(=O)c1ccccc1NC(=O)c1ccc(-c2ccccc2)cc1F. The number of halogens is 1. The molecule has 124 valence electrons. The predicted molar refractivity (Wildman–Crippen MR) is 94.7 cm³/mol. The van der Waals surface area contributed by atoms with Gasteiger partial charge in [0.2, 0.25) is 0 Å². The van der Waals surface area contributed by atoms with Crippen molar-refractivity contribution >= 4 is 17.5 Å². The summed E-state index contributed by atoms with van der Waals surface area (Å²) in [6.45, 7) is 0. The van der Waals surface area contributed by atoms with Crippen molar-refractivity contribution in [2.45, 2.75) is 0 Å². The van der Waals surface area contributed by atoms with Crippen molar-refractivity contribution in [1.82, 2.24) is 0 Å². The zero-order chi connectivity index (χ0) is 17.8. The summed E-state index contributed by atoms with van der Waals surface area (Å²) in [7, 11) is 0. The van der Waals surface area contributed by atoms with Crippen molar-refractivity contribution in [2.75, 3.05) is 5.32 Å². The van der Waals surface area contributed by atoms with Crippen molar-refractivity contribution in [3.05, 3.63) is 89.7 Å². The number of carbonyl (C=O) groups excluding carboxylic acids is 2. The second-order valence-corrected chi connectivity index (χ2v) is 5.42. The van der Waals surface area contributed by atoms with Gasteiger partial charge in [0.25, 0.3) is 11.8 Å². The summed E-state index contributed by atoms with van der Waals surface area (Å²) in [5, 5.41) is 2.53. The van der Waals surface area contributed by atoms with Crippen LogP contribution in [0.25, 0.3) is 11.1 Å². The van der Waals surface area contributed by atoms with E-state index in [0.717, 1.165) is 5.56 Å². The van der Waals surface area contributed by atoms with Gasteiger partial charge in [-0.05, 0) is 35.4 Å². The second kappa shape index (κ2) is 6.97. The smallest absolute Gasteiger partial charge is 0.258 e. The molecule has 0 aliphatic heterocycles. The summed E-state index contributed by atoms with van der Waals surface area (Å²) in [6, 6.07) is 20.0. The maximum atomic E-state index is 14.4. The van der Waals surface area contributed by atoms with Crippen LogP contribution in [0.5, 0.6) is 0 Å². The minimum absolute atomic E-state index is 0.112. The molecular formula is C20H15FN2O2. The molecule has 0 unspecified atom stereocenters. The molecule has 0 bridgehead atoms. The van der Waals surface area contributed by atoms with Crippen molar-refractivity contribution in [3.63, 3.8) is 0 Å². The predicted octanol–water partition coefficient (Wildman–Crippen LogP) is 3.84. The third kappa shape index (κ3) is 3.55. The molecule has 0 aliphatic rings. The van der Waals surface area contributed by atoms with Crippen LogP contribution in [0.3, 0.4) is 0 Å². The number of amides is 2. The van der Waals surface area contributed by atoms with Crippen molar-refractivity contribution in [3.8, 4) is 11.1 Å². The number of nitrogens with two attached hydrogens (primary N) is 1. The van der Waals surface area contributed by atoms with Crippen LogP contribution in [0, 0.1) is 5.82 Å². The van der Waals surface area contributed by atoms with E-state index in [0.29, 0.717) is 5.56 Å². The van der Waals surface area contributed by atoms with E-state index in [-0.39, 0.29) is 16.8 Å². The summed E-state index contributed by atoms with van der Waals surface area (Å²) < 4.78 is 14.4. The highest BCUT2D eigenvalue weighted by Crippen LogP contribution is 2.23. The maximum absolute atomic E-state index is 14.4. The maximum Gasteiger partial charge on any atom is 0.258 e. The van der Waals surface area contributed by atoms with E-state index in [4.69, 9.17) is 5.73 Å². The molecule has 25 heavy (non-hydrogen) atoms. The lowest BCUT2D eigenvalue weighted by molar-refractivity contribution is 0.100. The molecule has 0 heterocycles. The largest absolute Gasteiger partial charge is 0.366 e. The number of nitrogens with one attached hydrogen (secondary N) is 1. The van der Waals surface area contributed by atoms with Crippen LogP contribution < -0.4 is 11.1 Å². The van der Waals surface area contributed by atoms with Crippen LogP contribution in [0.15, 0.2) is 72.8 Å². The Bertz CT molecular complexity index is 939. The fourth-order valence-electron chi connectivity index (χ4n) is 2.51. The van der Waals surface area contributed by atoms with Gasteiger partial charge >= 0.3 is 0 Å². The van der Waals surface area contributed by atoms with Gasteiger partial charge in [0.05, 0.1) is 16.8 Å². The Balaban J connectivity index is 1.88. The monoisotopic (exact) mass is 334 g/mol. The van der Waals surface area contributed by atoms with Crippen LogP contribution in [-0.2, 0) is 0 Å². The van der Waals surface area contributed by atoms with E-state index in [1.165, 1.54) is 24.3 Å². The standard InChI is InChI=1S/C20H15FN2O2/c21-17-12-14(13-6-2-1-3-7-13)10-11-15(17)20(25)23-18-9-5-4-8-16(18)19(22)24/h1-12H,(H2,22,24)(H,23,25). The van der Waals surface area contributed by atoms with Gasteiger partial charge < -0.3 is 11.1 Å². The molecule has 2 amide bonds. The molecule has 3 N–H and O–H groups in total. The fourth-order valence-corrected chi connectivity index (χ4v) is 2.51. The quantitative estimate of drug-likeness (QED) is 0.761. The summed E-state index contributed by atoms with van der Waals surface area (Å²) >= 11 is 0. The number of carbonyl (C=O) groups is 2. The topological polar surface area (TPSA) is 72.2 Å². The first-order chi connectivity index (χ1) is 12.1. The summed E-state index contributed by atoms with van der Waals surface area (Å²) in [4.78, 5) is 23.8. The van der Waals surface area contributed by atoms with Gasteiger partial charge in [-0.25, -0.2) is 4.39 Å². The second-order valence-electron chi connectivity index (χ2n) is 5.42. The lowest BCUT2D eigenvalue weighted by atomic mass is 10.0. The molecular weight excluding hydrogens is 319 g/mol. The Kier molecular flexibility index (Phi) is 4.57. The van der Waals surface area contributed by atoms with Gasteiger partial charge in [0, 0.05) is 0 Å². The molecule has 0 spiro atoms. The lowest BCUT2D eigenvalue weighted by Gasteiger charge is -2.10. The zero-order valence-corrected chi connectivity index (χ0v) is 13.2. The Morgan fingerprint density at radius 3 is 2.16 bits per heavy atom. The highest BCUT2D eigenvalue weighted by molar-refractivity contribution is 6.08. The van der Waals surface area contributed by atoms with E-state index >= 15 is 0 Å². The van der Waals surface area contributed by atoms with Crippen LogP contribution in [0.2, 0.25) is 0 Å². The average molecular weight is 334 g/mol. The number of primary amides is 1. The zero-order valence-electron chi connectivity index (χ0n) is 13.2. The number of hydrogen-bond donors (Lipinski definition) is 2. The Morgan fingerprint density at radius 1 is 0.800 bits per heavy atom. The van der Waals surface area contributed by atoms with E-state index in [1.807, 2.05) is 30.3 Å². The summed E-state index contributed by atoms with van der Waals surface area (Å²) in [6.07, 6.45) is 0. The molecule has 0 aliphatic carbocycles. The van der Waals surface area contributed by atoms with Gasteiger partial charge in [0.15, 0.2) is 0 Å². The summed E-state index contributed by atoms with van der Waals surface area (Å²) in [5.41, 5.74) is 7.10. The number of hydrogen-bond acceptors (Lipinski definition) is 2. The minimum atomic E-state index is -0.671. The molecule has 0 fully saturated rings. The van der Waals surface area contributed by atoms with Crippen molar-refractivity contribution < 1.29 is 14.0 Å². The van der Waals surface area contributed by atoms with E-state index in [9.17, 15) is 14.0 Å². The normalized spacial score (nSPS) is 10.3. The van der Waals surface area contributed by atoms with Crippen LogP contribution in [-0.4, -0.2) is 11.8 Å². The van der Waals surface area contributed by atoms with E-state index < -0.39 is 17.6 Å². The molecule has 3 aromatic carbocycles. The molecule has 0 aromatic heterocycles. The molecule has 4 nitrogen and oxygen atoms in total. The molecule has 0 radical (unpaired) electrons. The highest BCUT2D eigenvalue weighted by Gasteiger charge is 2.15. The van der Waals surface area contributed by atoms with Gasteiger partial charge in [-0.3, -0.25) is 9.59 Å². The van der Waals surface area contributed by atoms with Crippen LogP contribution in [0.4, 0.5) is 10.1 Å². The third-order valence-corrected chi connectivity index (χ3v) is 3.76.